The average Bonchev–Trinajstić information content (AvgIpc) is 2.03. The Hall–Kier alpha value is -0.600. The molecule has 0 heterocycles. The number of hydrogen-bond donors (Lipinski definition) is 1. The second-order valence-electron chi connectivity index (χ2n) is 3.72. The molecule has 1 rings (SSSR count). The van der Waals surface area contributed by atoms with E-state index in [-0.39, 0.29) is 30.2 Å². The highest BCUT2D eigenvalue weighted by Crippen LogP contribution is 2.21. The molecule has 1 aromatic rings. The zero-order valence-corrected chi connectivity index (χ0v) is 9.57. The van der Waals surface area contributed by atoms with Crippen LogP contribution in [-0.4, -0.2) is 0 Å². The predicted octanol–water partition coefficient (Wildman–Crippen LogP) is 3.39. The molecule has 2 N–H and O–H groups in total. The molecule has 3 heteroatoms. The van der Waals surface area contributed by atoms with Crippen molar-refractivity contribution in [2.24, 2.45) is 5.73 Å². The third-order valence-corrected chi connectivity index (χ3v) is 2.17. The SMILES string of the molecule is CC(C)c1ccc(C(C)N)cc1F.Cl. The summed E-state index contributed by atoms with van der Waals surface area (Å²) in [6.07, 6.45) is 0. The Morgan fingerprint density at radius 2 is 1.79 bits per heavy atom. The fourth-order valence-corrected chi connectivity index (χ4v) is 1.29. The lowest BCUT2D eigenvalue weighted by molar-refractivity contribution is 0.593. The van der Waals surface area contributed by atoms with Gasteiger partial charge in [0.2, 0.25) is 0 Å². The van der Waals surface area contributed by atoms with Gasteiger partial charge in [-0.25, -0.2) is 4.39 Å². The Morgan fingerprint density at radius 1 is 1.21 bits per heavy atom. The highest BCUT2D eigenvalue weighted by molar-refractivity contribution is 5.85. The molecule has 0 aliphatic rings. The molecule has 1 nitrogen and oxygen atoms in total. The van der Waals surface area contributed by atoms with Gasteiger partial charge in [0, 0.05) is 6.04 Å². The van der Waals surface area contributed by atoms with Crippen molar-refractivity contribution >= 4 is 12.4 Å². The molecule has 1 atom stereocenters. The van der Waals surface area contributed by atoms with E-state index >= 15 is 0 Å². The van der Waals surface area contributed by atoms with Crippen LogP contribution >= 0.6 is 12.4 Å². The zero-order chi connectivity index (χ0) is 10.0. The summed E-state index contributed by atoms with van der Waals surface area (Å²) >= 11 is 0. The van der Waals surface area contributed by atoms with E-state index in [4.69, 9.17) is 5.73 Å². The smallest absolute Gasteiger partial charge is 0.126 e. The Morgan fingerprint density at radius 3 is 2.14 bits per heavy atom. The van der Waals surface area contributed by atoms with Crippen molar-refractivity contribution in [3.05, 3.63) is 35.1 Å². The van der Waals surface area contributed by atoms with Crippen LogP contribution in [-0.2, 0) is 0 Å². The van der Waals surface area contributed by atoms with E-state index in [1.807, 2.05) is 32.9 Å². The van der Waals surface area contributed by atoms with E-state index in [0.717, 1.165) is 11.1 Å². The molecule has 1 unspecified atom stereocenters. The Bertz CT molecular complexity index is 297. The van der Waals surface area contributed by atoms with E-state index in [9.17, 15) is 4.39 Å². The van der Waals surface area contributed by atoms with E-state index in [0.29, 0.717) is 0 Å². The lowest BCUT2D eigenvalue weighted by atomic mass is 9.99. The molecule has 0 bridgehead atoms. The van der Waals surface area contributed by atoms with Gasteiger partial charge in [-0.05, 0) is 30.0 Å². The third-order valence-electron chi connectivity index (χ3n) is 2.17. The molecule has 0 aliphatic carbocycles. The van der Waals surface area contributed by atoms with E-state index in [1.54, 1.807) is 0 Å². The molecule has 0 spiro atoms. The Balaban J connectivity index is 0.00000169. The molecule has 0 radical (unpaired) electrons. The van der Waals surface area contributed by atoms with Crippen LogP contribution in [0.3, 0.4) is 0 Å². The summed E-state index contributed by atoms with van der Waals surface area (Å²) in [5.74, 6) is 0.0759. The summed E-state index contributed by atoms with van der Waals surface area (Å²) in [4.78, 5) is 0. The van der Waals surface area contributed by atoms with Crippen molar-refractivity contribution in [3.8, 4) is 0 Å². The van der Waals surface area contributed by atoms with Gasteiger partial charge in [-0.15, -0.1) is 12.4 Å². The van der Waals surface area contributed by atoms with Gasteiger partial charge in [-0.1, -0.05) is 26.0 Å². The van der Waals surface area contributed by atoms with Crippen LogP contribution < -0.4 is 5.73 Å². The van der Waals surface area contributed by atoms with Crippen LogP contribution in [0.5, 0.6) is 0 Å². The van der Waals surface area contributed by atoms with Gasteiger partial charge in [-0.2, -0.15) is 0 Å². The number of benzene rings is 1. The minimum Gasteiger partial charge on any atom is -0.324 e. The minimum absolute atomic E-state index is 0. The molecule has 0 amide bonds. The zero-order valence-electron chi connectivity index (χ0n) is 8.75. The number of hydrogen-bond acceptors (Lipinski definition) is 1. The third kappa shape index (κ3) is 2.96. The number of halogens is 2. The highest BCUT2D eigenvalue weighted by Gasteiger charge is 2.08. The minimum atomic E-state index is -0.148. The van der Waals surface area contributed by atoms with Crippen LogP contribution in [0.4, 0.5) is 4.39 Å². The quantitative estimate of drug-likeness (QED) is 0.808. The summed E-state index contributed by atoms with van der Waals surface area (Å²) < 4.78 is 13.4. The largest absolute Gasteiger partial charge is 0.324 e. The maximum absolute atomic E-state index is 13.4. The van der Waals surface area contributed by atoms with Gasteiger partial charge in [-0.3, -0.25) is 0 Å². The lowest BCUT2D eigenvalue weighted by Gasteiger charge is -2.10. The topological polar surface area (TPSA) is 26.0 Å². The van der Waals surface area contributed by atoms with Crippen molar-refractivity contribution in [2.45, 2.75) is 32.7 Å². The summed E-state index contributed by atoms with van der Waals surface area (Å²) in [5, 5.41) is 0. The highest BCUT2D eigenvalue weighted by atomic mass is 35.5. The van der Waals surface area contributed by atoms with Gasteiger partial charge in [0.15, 0.2) is 0 Å². The molecular formula is C11H17ClFN. The molecule has 0 aromatic heterocycles. The van der Waals surface area contributed by atoms with Crippen LogP contribution in [0.25, 0.3) is 0 Å². The van der Waals surface area contributed by atoms with Gasteiger partial charge >= 0.3 is 0 Å². The average molecular weight is 218 g/mol. The molecule has 1 aromatic carbocycles. The van der Waals surface area contributed by atoms with Crippen LogP contribution in [0, 0.1) is 5.82 Å². The lowest BCUT2D eigenvalue weighted by Crippen LogP contribution is -2.06. The first-order chi connectivity index (χ1) is 6.02. The predicted molar refractivity (Wildman–Crippen MR) is 60.3 cm³/mol. The van der Waals surface area contributed by atoms with E-state index in [2.05, 4.69) is 0 Å². The summed E-state index contributed by atoms with van der Waals surface area (Å²) in [6, 6.07) is 5.14. The normalized spacial score (nSPS) is 12.4. The Kier molecular flexibility index (Phi) is 5.09. The molecule has 80 valence electrons. The molecule has 0 saturated heterocycles. The number of nitrogens with two attached hydrogens (primary N) is 1. The van der Waals surface area contributed by atoms with Crippen molar-refractivity contribution in [1.82, 2.24) is 0 Å². The summed E-state index contributed by atoms with van der Waals surface area (Å²) in [7, 11) is 0. The fraction of sp³-hybridized carbons (Fsp3) is 0.455. The summed E-state index contributed by atoms with van der Waals surface area (Å²) in [5.41, 5.74) is 7.25. The monoisotopic (exact) mass is 217 g/mol. The first kappa shape index (κ1) is 13.4. The van der Waals surface area contributed by atoms with Crippen LogP contribution in [0.2, 0.25) is 0 Å². The van der Waals surface area contributed by atoms with Crippen molar-refractivity contribution in [3.63, 3.8) is 0 Å². The molecule has 0 aliphatic heterocycles. The maximum atomic E-state index is 13.4. The molecular weight excluding hydrogens is 201 g/mol. The van der Waals surface area contributed by atoms with Gasteiger partial charge in [0.1, 0.15) is 5.82 Å². The van der Waals surface area contributed by atoms with Gasteiger partial charge < -0.3 is 5.73 Å². The van der Waals surface area contributed by atoms with Crippen molar-refractivity contribution < 1.29 is 4.39 Å². The van der Waals surface area contributed by atoms with Crippen molar-refractivity contribution in [1.29, 1.82) is 0 Å². The van der Waals surface area contributed by atoms with Crippen molar-refractivity contribution in [2.75, 3.05) is 0 Å². The molecule has 0 saturated carbocycles. The first-order valence-corrected chi connectivity index (χ1v) is 4.57. The van der Waals surface area contributed by atoms with Crippen LogP contribution in [0.15, 0.2) is 18.2 Å². The molecule has 0 fully saturated rings. The van der Waals surface area contributed by atoms with E-state index < -0.39 is 0 Å². The fourth-order valence-electron chi connectivity index (χ4n) is 1.29. The second kappa shape index (κ2) is 5.32. The summed E-state index contributed by atoms with van der Waals surface area (Å²) in [6.45, 7) is 5.80. The van der Waals surface area contributed by atoms with E-state index in [1.165, 1.54) is 6.07 Å². The Labute approximate surface area is 90.9 Å². The van der Waals surface area contributed by atoms with Gasteiger partial charge in [0.25, 0.3) is 0 Å². The van der Waals surface area contributed by atoms with Gasteiger partial charge in [0.05, 0.1) is 0 Å². The molecule has 14 heavy (non-hydrogen) atoms. The van der Waals surface area contributed by atoms with Crippen LogP contribution in [0.1, 0.15) is 43.9 Å². The first-order valence-electron chi connectivity index (χ1n) is 4.57. The second-order valence-corrected chi connectivity index (χ2v) is 3.72. The standard InChI is InChI=1S/C11H16FN.ClH/c1-7(2)10-5-4-9(8(3)13)6-11(10)12;/h4-8H,13H2,1-3H3;1H. The number of rotatable bonds is 2. The maximum Gasteiger partial charge on any atom is 0.126 e.